The minimum Gasteiger partial charge on any atom is -0.473 e. The van der Waals surface area contributed by atoms with Crippen molar-refractivity contribution >= 4 is 17.2 Å². The van der Waals surface area contributed by atoms with E-state index in [2.05, 4.69) is 21.3 Å². The van der Waals surface area contributed by atoms with Gasteiger partial charge in [-0.2, -0.15) is 0 Å². The number of carbonyl (C=O) groups excluding carboxylic acids is 1. The molecule has 1 saturated heterocycles. The summed E-state index contributed by atoms with van der Waals surface area (Å²) in [5.41, 5.74) is 1.24. The number of hydrogen-bond acceptors (Lipinski definition) is 5. The number of aromatic nitrogens is 1. The summed E-state index contributed by atoms with van der Waals surface area (Å²) in [7, 11) is 0. The van der Waals surface area contributed by atoms with Gasteiger partial charge in [0.05, 0.1) is 4.88 Å². The van der Waals surface area contributed by atoms with E-state index in [9.17, 15) is 4.79 Å². The molecule has 0 aliphatic carbocycles. The van der Waals surface area contributed by atoms with E-state index in [1.165, 1.54) is 49.3 Å². The van der Waals surface area contributed by atoms with Gasteiger partial charge in [-0.3, -0.25) is 9.69 Å². The Morgan fingerprint density at radius 2 is 2.15 bits per heavy atom. The van der Waals surface area contributed by atoms with Crippen molar-refractivity contribution in [1.29, 1.82) is 0 Å². The lowest BCUT2D eigenvalue weighted by Crippen LogP contribution is -2.29. The van der Waals surface area contributed by atoms with E-state index in [0.717, 1.165) is 11.4 Å². The van der Waals surface area contributed by atoms with Crippen LogP contribution in [0.3, 0.4) is 0 Å². The van der Waals surface area contributed by atoms with Crippen molar-refractivity contribution in [3.8, 4) is 5.88 Å². The zero-order valence-corrected chi connectivity index (χ0v) is 15.7. The summed E-state index contributed by atoms with van der Waals surface area (Å²) in [5.74, 6) is 0.601. The maximum absolute atomic E-state index is 11.8. The molecule has 1 aliphatic rings. The predicted octanol–water partition coefficient (Wildman–Crippen LogP) is 3.49. The van der Waals surface area contributed by atoms with Crippen LogP contribution in [-0.4, -0.2) is 42.0 Å². The Bertz CT molecular complexity index is 710. The van der Waals surface area contributed by atoms with Gasteiger partial charge >= 0.3 is 0 Å². The molecule has 0 saturated carbocycles. The van der Waals surface area contributed by atoms with E-state index >= 15 is 0 Å². The van der Waals surface area contributed by atoms with Crippen molar-refractivity contribution in [2.75, 3.05) is 26.2 Å². The van der Waals surface area contributed by atoms with E-state index in [1.807, 2.05) is 35.7 Å². The number of pyridine rings is 1. The highest BCUT2D eigenvalue weighted by atomic mass is 32.1. The molecule has 0 spiro atoms. The molecule has 1 fully saturated rings. The molecule has 3 heterocycles. The van der Waals surface area contributed by atoms with E-state index in [1.54, 1.807) is 6.20 Å². The van der Waals surface area contributed by atoms with Crippen LogP contribution in [0.4, 0.5) is 0 Å². The molecule has 5 nitrogen and oxygen atoms in total. The molecule has 2 aromatic heterocycles. The maximum Gasteiger partial charge on any atom is 0.261 e. The summed E-state index contributed by atoms with van der Waals surface area (Å²) in [6.45, 7) is 4.25. The summed E-state index contributed by atoms with van der Waals surface area (Å²) >= 11 is 1.44. The van der Waals surface area contributed by atoms with Crippen LogP contribution in [0.1, 0.15) is 34.5 Å². The molecule has 0 unspecified atom stereocenters. The Balaban J connectivity index is 1.37. The van der Waals surface area contributed by atoms with Crippen molar-refractivity contribution in [3.05, 3.63) is 58.4 Å². The first-order valence-electron chi connectivity index (χ1n) is 9.08. The van der Waals surface area contributed by atoms with Gasteiger partial charge in [0.2, 0.25) is 5.88 Å². The van der Waals surface area contributed by atoms with Gasteiger partial charge in [0.1, 0.15) is 6.61 Å². The molecule has 1 amide bonds. The molecule has 0 atom stereocenters. The summed E-state index contributed by atoms with van der Waals surface area (Å²) in [6, 6.07) is 7.75. The molecule has 0 bridgehead atoms. The Morgan fingerprint density at radius 3 is 2.96 bits per heavy atom. The van der Waals surface area contributed by atoms with Crippen molar-refractivity contribution < 1.29 is 9.53 Å². The molecule has 26 heavy (non-hydrogen) atoms. The quantitative estimate of drug-likeness (QED) is 0.722. The average Bonchev–Trinajstić information content (AvgIpc) is 3.20. The minimum atomic E-state index is -0.0438. The Labute approximate surface area is 158 Å². The Kier molecular flexibility index (Phi) is 7.22. The summed E-state index contributed by atoms with van der Waals surface area (Å²) in [4.78, 5) is 19.3. The van der Waals surface area contributed by atoms with Crippen LogP contribution >= 0.6 is 11.3 Å². The maximum atomic E-state index is 11.8. The first-order chi connectivity index (χ1) is 12.8. The molecule has 6 heteroatoms. The highest BCUT2D eigenvalue weighted by Gasteiger charge is 2.10. The lowest BCUT2D eigenvalue weighted by Gasteiger charge is -2.26. The fourth-order valence-corrected chi connectivity index (χ4v) is 3.57. The molecule has 138 valence electrons. The lowest BCUT2D eigenvalue weighted by molar-refractivity contribution is 0.0962. The van der Waals surface area contributed by atoms with Crippen molar-refractivity contribution in [3.63, 3.8) is 0 Å². The number of likely N-dealkylation sites (tertiary alicyclic amines) is 1. The predicted molar refractivity (Wildman–Crippen MR) is 105 cm³/mol. The van der Waals surface area contributed by atoms with E-state index in [0.29, 0.717) is 19.0 Å². The topological polar surface area (TPSA) is 54.5 Å². The molecular weight excluding hydrogens is 346 g/mol. The van der Waals surface area contributed by atoms with Crippen LogP contribution in [0, 0.1) is 0 Å². The van der Waals surface area contributed by atoms with Gasteiger partial charge in [0, 0.05) is 25.4 Å². The van der Waals surface area contributed by atoms with Gasteiger partial charge < -0.3 is 10.1 Å². The molecule has 1 N–H and O–H groups in total. The van der Waals surface area contributed by atoms with Gasteiger partial charge in [-0.25, -0.2) is 4.98 Å². The molecular formula is C20H25N3O2S. The summed E-state index contributed by atoms with van der Waals surface area (Å²) in [5, 5.41) is 4.74. The standard InChI is InChI=1S/C20H25N3O2S/c24-20(18-7-6-14-26-18)22-9-2-5-13-25-19-15-17(8-10-21-19)16-23-11-3-1-4-12-23/h2,5-8,10,14-15H,1,3-4,9,11-13,16H2,(H,22,24)/b5-2-. The van der Waals surface area contributed by atoms with Crippen LogP contribution in [0.2, 0.25) is 0 Å². The normalized spacial score (nSPS) is 15.2. The van der Waals surface area contributed by atoms with Crippen molar-refractivity contribution in [2.45, 2.75) is 25.8 Å². The number of piperidine rings is 1. The second-order valence-corrected chi connectivity index (χ2v) is 7.26. The second-order valence-electron chi connectivity index (χ2n) is 6.31. The number of carbonyl (C=O) groups is 1. The fourth-order valence-electron chi connectivity index (χ4n) is 2.93. The first-order valence-corrected chi connectivity index (χ1v) is 9.96. The fraction of sp³-hybridized carbons (Fsp3) is 0.400. The zero-order valence-electron chi connectivity index (χ0n) is 14.9. The van der Waals surface area contributed by atoms with Crippen LogP contribution < -0.4 is 10.1 Å². The largest absolute Gasteiger partial charge is 0.473 e. The molecule has 0 aromatic carbocycles. The molecule has 2 aromatic rings. The van der Waals surface area contributed by atoms with Gasteiger partial charge in [0.15, 0.2) is 0 Å². The number of thiophene rings is 1. The average molecular weight is 372 g/mol. The number of amides is 1. The highest BCUT2D eigenvalue weighted by Crippen LogP contribution is 2.15. The van der Waals surface area contributed by atoms with Crippen LogP contribution in [0.15, 0.2) is 48.0 Å². The van der Waals surface area contributed by atoms with E-state index in [-0.39, 0.29) is 5.91 Å². The number of ether oxygens (including phenoxy) is 1. The van der Waals surface area contributed by atoms with Crippen LogP contribution in [-0.2, 0) is 6.54 Å². The summed E-state index contributed by atoms with van der Waals surface area (Å²) < 4.78 is 5.69. The first kappa shape index (κ1) is 18.6. The van der Waals surface area contributed by atoms with E-state index < -0.39 is 0 Å². The third-order valence-electron chi connectivity index (χ3n) is 4.27. The van der Waals surface area contributed by atoms with Gasteiger partial charge in [-0.05, 0) is 55.1 Å². The van der Waals surface area contributed by atoms with Crippen LogP contribution in [0.5, 0.6) is 5.88 Å². The Hall–Kier alpha value is -2.18. The van der Waals surface area contributed by atoms with Crippen molar-refractivity contribution in [1.82, 2.24) is 15.2 Å². The smallest absolute Gasteiger partial charge is 0.261 e. The number of rotatable bonds is 8. The van der Waals surface area contributed by atoms with Crippen molar-refractivity contribution in [2.24, 2.45) is 0 Å². The number of nitrogens with one attached hydrogen (secondary N) is 1. The second kappa shape index (κ2) is 10.1. The molecule has 0 radical (unpaired) electrons. The van der Waals surface area contributed by atoms with E-state index in [4.69, 9.17) is 4.74 Å². The highest BCUT2D eigenvalue weighted by molar-refractivity contribution is 7.12. The number of hydrogen-bond donors (Lipinski definition) is 1. The zero-order chi connectivity index (χ0) is 18.0. The third-order valence-corrected chi connectivity index (χ3v) is 5.14. The van der Waals surface area contributed by atoms with Gasteiger partial charge in [0.25, 0.3) is 5.91 Å². The SMILES string of the molecule is O=C(NC/C=C\COc1cc(CN2CCCCC2)ccn1)c1cccs1. The van der Waals surface area contributed by atoms with Gasteiger partial charge in [-0.1, -0.05) is 18.6 Å². The lowest BCUT2D eigenvalue weighted by atomic mass is 10.1. The Morgan fingerprint density at radius 1 is 1.27 bits per heavy atom. The summed E-state index contributed by atoms with van der Waals surface area (Å²) in [6.07, 6.45) is 9.53. The van der Waals surface area contributed by atoms with Gasteiger partial charge in [-0.15, -0.1) is 11.3 Å². The molecule has 3 rings (SSSR count). The monoisotopic (exact) mass is 371 g/mol. The molecule has 1 aliphatic heterocycles. The minimum absolute atomic E-state index is 0.0438. The van der Waals surface area contributed by atoms with Crippen LogP contribution in [0.25, 0.3) is 0 Å². The number of nitrogens with zero attached hydrogens (tertiary/aromatic N) is 2. The third kappa shape index (κ3) is 5.97.